The number of nitrogens with zero attached hydrogens (tertiary/aromatic N) is 3. The third kappa shape index (κ3) is 2.10. The summed E-state index contributed by atoms with van der Waals surface area (Å²) in [5.74, 6) is 1.59. The first kappa shape index (κ1) is 11.5. The van der Waals surface area contributed by atoms with E-state index in [0.717, 1.165) is 5.82 Å². The zero-order valence-corrected chi connectivity index (χ0v) is 9.76. The van der Waals surface area contributed by atoms with Crippen LogP contribution < -0.4 is 5.73 Å². The molecule has 1 aromatic rings. The first-order valence-electron chi connectivity index (χ1n) is 6.03. The van der Waals surface area contributed by atoms with Crippen LogP contribution in [0.4, 0.5) is 0 Å². The van der Waals surface area contributed by atoms with Crippen LogP contribution in [-0.2, 0) is 0 Å². The normalized spacial score (nSPS) is 19.2. The fraction of sp³-hybridized carbons (Fsp3) is 0.818. The maximum Gasteiger partial charge on any atom is 0.162 e. The molecule has 0 aromatic carbocycles. The van der Waals surface area contributed by atoms with Gasteiger partial charge in [0.2, 0.25) is 0 Å². The average molecular weight is 224 g/mol. The number of nitrogens with two attached hydrogens (primary N) is 1. The summed E-state index contributed by atoms with van der Waals surface area (Å²) in [7, 11) is 0. The van der Waals surface area contributed by atoms with Crippen molar-refractivity contribution >= 4 is 0 Å². The zero-order chi connectivity index (χ0) is 11.5. The molecule has 1 aliphatic rings. The SMILES string of the molecule is Cc1nnc([C@@H](O)CCN)n1C1CCCC1. The lowest BCUT2D eigenvalue weighted by Crippen LogP contribution is -2.16. The van der Waals surface area contributed by atoms with Crippen LogP contribution in [-0.4, -0.2) is 26.4 Å². The van der Waals surface area contributed by atoms with Gasteiger partial charge in [-0.05, 0) is 32.7 Å². The summed E-state index contributed by atoms with van der Waals surface area (Å²) in [5, 5.41) is 18.1. The van der Waals surface area contributed by atoms with Crippen LogP contribution in [0.25, 0.3) is 0 Å². The van der Waals surface area contributed by atoms with E-state index in [1.165, 1.54) is 25.7 Å². The molecule has 1 heterocycles. The monoisotopic (exact) mass is 224 g/mol. The van der Waals surface area contributed by atoms with Crippen LogP contribution in [0.3, 0.4) is 0 Å². The van der Waals surface area contributed by atoms with Crippen LogP contribution in [0.2, 0.25) is 0 Å². The van der Waals surface area contributed by atoms with Gasteiger partial charge in [-0.25, -0.2) is 0 Å². The number of aliphatic hydroxyl groups is 1. The maximum atomic E-state index is 9.97. The van der Waals surface area contributed by atoms with Gasteiger partial charge >= 0.3 is 0 Å². The Balaban J connectivity index is 2.24. The summed E-state index contributed by atoms with van der Waals surface area (Å²) in [5.41, 5.74) is 5.46. The summed E-state index contributed by atoms with van der Waals surface area (Å²) in [4.78, 5) is 0. The highest BCUT2D eigenvalue weighted by Gasteiger charge is 2.25. The molecule has 5 nitrogen and oxygen atoms in total. The average Bonchev–Trinajstić information content (AvgIpc) is 2.86. The molecular weight excluding hydrogens is 204 g/mol. The van der Waals surface area contributed by atoms with E-state index in [-0.39, 0.29) is 0 Å². The highest BCUT2D eigenvalue weighted by Crippen LogP contribution is 2.32. The topological polar surface area (TPSA) is 77.0 Å². The molecule has 0 aliphatic heterocycles. The second kappa shape index (κ2) is 4.93. The van der Waals surface area contributed by atoms with E-state index in [4.69, 9.17) is 5.73 Å². The Hall–Kier alpha value is -0.940. The Bertz CT molecular complexity index is 344. The van der Waals surface area contributed by atoms with Gasteiger partial charge in [0.05, 0.1) is 0 Å². The first-order valence-corrected chi connectivity index (χ1v) is 6.03. The molecule has 0 bridgehead atoms. The Kier molecular flexibility index (Phi) is 3.56. The lowest BCUT2D eigenvalue weighted by atomic mass is 10.2. The van der Waals surface area contributed by atoms with Crippen LogP contribution in [0.5, 0.6) is 0 Å². The van der Waals surface area contributed by atoms with Crippen molar-refractivity contribution in [3.05, 3.63) is 11.6 Å². The minimum absolute atomic E-state index is 0.470. The molecule has 1 atom stereocenters. The molecule has 2 rings (SSSR count). The summed E-state index contributed by atoms with van der Waals surface area (Å²) in [6.07, 6.45) is 4.82. The molecule has 1 fully saturated rings. The van der Waals surface area contributed by atoms with E-state index >= 15 is 0 Å². The fourth-order valence-electron chi connectivity index (χ4n) is 2.51. The van der Waals surface area contributed by atoms with Crippen LogP contribution >= 0.6 is 0 Å². The molecule has 1 aromatic heterocycles. The zero-order valence-electron chi connectivity index (χ0n) is 9.76. The van der Waals surface area contributed by atoms with Gasteiger partial charge in [-0.2, -0.15) is 0 Å². The smallest absolute Gasteiger partial charge is 0.162 e. The van der Waals surface area contributed by atoms with Crippen LogP contribution in [0, 0.1) is 6.92 Å². The van der Waals surface area contributed by atoms with Crippen molar-refractivity contribution < 1.29 is 5.11 Å². The summed E-state index contributed by atoms with van der Waals surface area (Å²) < 4.78 is 2.10. The number of aliphatic hydroxyl groups excluding tert-OH is 1. The van der Waals surface area contributed by atoms with Crippen molar-refractivity contribution in [1.82, 2.24) is 14.8 Å². The predicted molar refractivity (Wildman–Crippen MR) is 60.9 cm³/mol. The standard InChI is InChI=1S/C11H20N4O/c1-8-13-14-11(10(16)6-7-12)15(8)9-4-2-3-5-9/h9-10,16H,2-7,12H2,1H3/t10-/m0/s1. The molecule has 16 heavy (non-hydrogen) atoms. The van der Waals surface area contributed by atoms with Gasteiger partial charge in [0.1, 0.15) is 11.9 Å². The van der Waals surface area contributed by atoms with Gasteiger partial charge in [-0.1, -0.05) is 12.8 Å². The van der Waals surface area contributed by atoms with Crippen molar-refractivity contribution in [2.24, 2.45) is 5.73 Å². The summed E-state index contributed by atoms with van der Waals surface area (Å²) in [6, 6.07) is 0.470. The lowest BCUT2D eigenvalue weighted by molar-refractivity contribution is 0.152. The summed E-state index contributed by atoms with van der Waals surface area (Å²) >= 11 is 0. The number of aromatic nitrogens is 3. The van der Waals surface area contributed by atoms with Gasteiger partial charge in [0, 0.05) is 6.04 Å². The van der Waals surface area contributed by atoms with E-state index in [1.54, 1.807) is 0 Å². The van der Waals surface area contributed by atoms with Crippen molar-refractivity contribution in [3.8, 4) is 0 Å². The summed E-state index contributed by atoms with van der Waals surface area (Å²) in [6.45, 7) is 2.42. The van der Waals surface area contributed by atoms with Crippen LogP contribution in [0.1, 0.15) is 55.9 Å². The van der Waals surface area contributed by atoms with E-state index < -0.39 is 6.10 Å². The van der Waals surface area contributed by atoms with E-state index in [1.807, 2.05) is 6.92 Å². The molecule has 5 heteroatoms. The predicted octanol–water partition coefficient (Wildman–Crippen LogP) is 1.08. The second-order valence-corrected chi connectivity index (χ2v) is 4.51. The first-order chi connectivity index (χ1) is 7.74. The lowest BCUT2D eigenvalue weighted by Gasteiger charge is -2.18. The Labute approximate surface area is 95.7 Å². The molecule has 0 spiro atoms. The number of rotatable bonds is 4. The highest BCUT2D eigenvalue weighted by molar-refractivity contribution is 5.01. The fourth-order valence-corrected chi connectivity index (χ4v) is 2.51. The van der Waals surface area contributed by atoms with Gasteiger partial charge < -0.3 is 15.4 Å². The van der Waals surface area contributed by atoms with E-state index in [0.29, 0.717) is 24.8 Å². The molecular formula is C11H20N4O. The van der Waals surface area contributed by atoms with Crippen molar-refractivity contribution in [2.75, 3.05) is 6.54 Å². The third-order valence-electron chi connectivity index (χ3n) is 3.32. The van der Waals surface area contributed by atoms with E-state index in [9.17, 15) is 5.11 Å². The third-order valence-corrected chi connectivity index (χ3v) is 3.32. The largest absolute Gasteiger partial charge is 0.385 e. The van der Waals surface area contributed by atoms with Gasteiger partial charge in [-0.15, -0.1) is 10.2 Å². The van der Waals surface area contributed by atoms with Crippen molar-refractivity contribution in [1.29, 1.82) is 0 Å². The number of hydrogen-bond acceptors (Lipinski definition) is 4. The minimum Gasteiger partial charge on any atom is -0.385 e. The van der Waals surface area contributed by atoms with E-state index in [2.05, 4.69) is 14.8 Å². The molecule has 0 radical (unpaired) electrons. The quantitative estimate of drug-likeness (QED) is 0.802. The van der Waals surface area contributed by atoms with Crippen molar-refractivity contribution in [3.63, 3.8) is 0 Å². The number of aryl methyl sites for hydroxylation is 1. The molecule has 1 saturated carbocycles. The highest BCUT2D eigenvalue weighted by atomic mass is 16.3. The Morgan fingerprint density at radius 3 is 2.75 bits per heavy atom. The minimum atomic E-state index is -0.577. The van der Waals surface area contributed by atoms with Crippen LogP contribution in [0.15, 0.2) is 0 Å². The molecule has 0 saturated heterocycles. The Morgan fingerprint density at radius 2 is 2.12 bits per heavy atom. The van der Waals surface area contributed by atoms with Gasteiger partial charge in [0.25, 0.3) is 0 Å². The second-order valence-electron chi connectivity index (χ2n) is 4.51. The molecule has 1 aliphatic carbocycles. The molecule has 0 unspecified atom stereocenters. The maximum absolute atomic E-state index is 9.97. The molecule has 90 valence electrons. The van der Waals surface area contributed by atoms with Gasteiger partial charge in [0.15, 0.2) is 5.82 Å². The van der Waals surface area contributed by atoms with Crippen molar-refractivity contribution in [2.45, 2.75) is 51.2 Å². The Morgan fingerprint density at radius 1 is 1.44 bits per heavy atom. The molecule has 3 N–H and O–H groups in total. The number of hydrogen-bond donors (Lipinski definition) is 2. The van der Waals surface area contributed by atoms with Gasteiger partial charge in [-0.3, -0.25) is 0 Å². The molecule has 0 amide bonds.